The summed E-state index contributed by atoms with van der Waals surface area (Å²) in [6, 6.07) is 12.3. The van der Waals surface area contributed by atoms with Crippen molar-refractivity contribution in [3.05, 3.63) is 77.0 Å². The number of amides is 3. The highest BCUT2D eigenvalue weighted by atomic mass is 16.5. The van der Waals surface area contributed by atoms with Gasteiger partial charge in [-0.25, -0.2) is 9.59 Å². The number of urea groups is 1. The molecule has 0 radical (unpaired) electrons. The van der Waals surface area contributed by atoms with E-state index in [1.165, 1.54) is 6.26 Å². The minimum Gasteiger partial charge on any atom is -0.467 e. The summed E-state index contributed by atoms with van der Waals surface area (Å²) >= 11 is 0. The summed E-state index contributed by atoms with van der Waals surface area (Å²) in [5.74, 6) is -0.812. The van der Waals surface area contributed by atoms with E-state index in [-0.39, 0.29) is 6.54 Å². The Morgan fingerprint density at radius 2 is 1.80 bits per heavy atom. The fourth-order valence-electron chi connectivity index (χ4n) is 3.06. The van der Waals surface area contributed by atoms with E-state index < -0.39 is 24.5 Å². The van der Waals surface area contributed by atoms with Crippen LogP contribution in [-0.4, -0.2) is 29.1 Å². The van der Waals surface area contributed by atoms with E-state index in [4.69, 9.17) is 9.15 Å². The number of furan rings is 1. The summed E-state index contributed by atoms with van der Waals surface area (Å²) in [6.45, 7) is 5.27. The maximum atomic E-state index is 12.5. The van der Waals surface area contributed by atoms with Gasteiger partial charge in [0.1, 0.15) is 5.76 Å². The summed E-state index contributed by atoms with van der Waals surface area (Å²) < 4.78 is 12.1. The van der Waals surface area contributed by atoms with Crippen molar-refractivity contribution >= 4 is 17.9 Å². The number of aromatic nitrogens is 1. The zero-order valence-electron chi connectivity index (χ0n) is 17.0. The molecule has 156 valence electrons. The highest BCUT2D eigenvalue weighted by molar-refractivity contribution is 5.97. The Hall–Kier alpha value is -3.81. The van der Waals surface area contributed by atoms with Crippen molar-refractivity contribution in [3.8, 4) is 5.69 Å². The Balaban J connectivity index is 1.55. The van der Waals surface area contributed by atoms with Crippen LogP contribution in [0.25, 0.3) is 5.69 Å². The molecule has 0 saturated carbocycles. The van der Waals surface area contributed by atoms with Gasteiger partial charge in [0.25, 0.3) is 5.91 Å². The molecule has 0 unspecified atom stereocenters. The second kappa shape index (κ2) is 9.13. The lowest BCUT2D eigenvalue weighted by Gasteiger charge is -2.10. The molecular weight excluding hydrogens is 386 g/mol. The molecule has 0 aliphatic carbocycles. The molecular formula is C22H23N3O5. The number of carbonyl (C=O) groups is 3. The van der Waals surface area contributed by atoms with Crippen molar-refractivity contribution in [3.63, 3.8) is 0 Å². The highest BCUT2D eigenvalue weighted by Gasteiger charge is 2.19. The van der Waals surface area contributed by atoms with Crippen molar-refractivity contribution in [2.24, 2.45) is 0 Å². The number of hydrogen-bond donors (Lipinski definition) is 2. The molecule has 0 aliphatic heterocycles. The first kappa shape index (κ1) is 20.9. The van der Waals surface area contributed by atoms with Crippen LogP contribution in [0.15, 0.2) is 53.1 Å². The quantitative estimate of drug-likeness (QED) is 0.609. The summed E-state index contributed by atoms with van der Waals surface area (Å²) in [6.07, 6.45) is 1.48. The lowest BCUT2D eigenvalue weighted by Crippen LogP contribution is -2.41. The van der Waals surface area contributed by atoms with Gasteiger partial charge in [-0.15, -0.1) is 0 Å². The minimum atomic E-state index is -0.729. The normalized spacial score (nSPS) is 10.5. The standard InChI is InChI=1S/C22H23N3O5/c1-14-6-8-17(9-7-14)25-15(2)11-19(16(25)3)21(27)30-13-20(26)24-22(28)23-12-18-5-4-10-29-18/h4-11H,12-13H2,1-3H3,(H2,23,24,26,28). The van der Waals surface area contributed by atoms with E-state index in [1.54, 1.807) is 18.2 Å². The Morgan fingerprint density at radius 1 is 1.07 bits per heavy atom. The van der Waals surface area contributed by atoms with Gasteiger partial charge in [0.2, 0.25) is 0 Å². The van der Waals surface area contributed by atoms with Gasteiger partial charge in [-0.05, 0) is 51.1 Å². The van der Waals surface area contributed by atoms with Gasteiger partial charge in [-0.2, -0.15) is 0 Å². The first-order chi connectivity index (χ1) is 14.3. The summed E-state index contributed by atoms with van der Waals surface area (Å²) in [5, 5.41) is 4.57. The van der Waals surface area contributed by atoms with Crippen LogP contribution in [0, 0.1) is 20.8 Å². The molecule has 3 aromatic rings. The van der Waals surface area contributed by atoms with Crippen LogP contribution in [0.5, 0.6) is 0 Å². The molecule has 0 bridgehead atoms. The molecule has 0 spiro atoms. The van der Waals surface area contributed by atoms with E-state index in [1.807, 2.05) is 49.6 Å². The third-order valence-corrected chi connectivity index (χ3v) is 4.53. The smallest absolute Gasteiger partial charge is 0.340 e. The van der Waals surface area contributed by atoms with Crippen molar-refractivity contribution in [2.45, 2.75) is 27.3 Å². The fourth-order valence-corrected chi connectivity index (χ4v) is 3.06. The number of nitrogens with zero attached hydrogens (tertiary/aromatic N) is 1. The molecule has 1 aromatic carbocycles. The molecule has 2 aromatic heterocycles. The van der Waals surface area contributed by atoms with Gasteiger partial charge in [-0.1, -0.05) is 17.7 Å². The van der Waals surface area contributed by atoms with Gasteiger partial charge in [0.05, 0.1) is 18.4 Å². The summed E-state index contributed by atoms with van der Waals surface area (Å²) in [4.78, 5) is 36.1. The molecule has 0 atom stereocenters. The molecule has 8 nitrogen and oxygen atoms in total. The Labute approximate surface area is 173 Å². The Bertz CT molecular complexity index is 1050. The number of imide groups is 1. The number of carbonyl (C=O) groups excluding carboxylic acids is 3. The third-order valence-electron chi connectivity index (χ3n) is 4.53. The van der Waals surface area contributed by atoms with Crippen molar-refractivity contribution < 1.29 is 23.5 Å². The summed E-state index contributed by atoms with van der Waals surface area (Å²) in [5.41, 5.74) is 4.01. The SMILES string of the molecule is Cc1ccc(-n2c(C)cc(C(=O)OCC(=O)NC(=O)NCc3ccco3)c2C)cc1. The van der Waals surface area contributed by atoms with Gasteiger partial charge in [0, 0.05) is 17.1 Å². The van der Waals surface area contributed by atoms with Crippen LogP contribution in [0.3, 0.4) is 0 Å². The van der Waals surface area contributed by atoms with E-state index in [9.17, 15) is 14.4 Å². The maximum absolute atomic E-state index is 12.5. The van der Waals surface area contributed by atoms with E-state index >= 15 is 0 Å². The van der Waals surface area contributed by atoms with Gasteiger partial charge in [-0.3, -0.25) is 10.1 Å². The Kier molecular flexibility index (Phi) is 6.36. The Morgan fingerprint density at radius 3 is 2.47 bits per heavy atom. The molecule has 3 rings (SSSR count). The lowest BCUT2D eigenvalue weighted by atomic mass is 10.2. The third kappa shape index (κ3) is 4.96. The zero-order chi connectivity index (χ0) is 21.7. The van der Waals surface area contributed by atoms with E-state index in [0.29, 0.717) is 17.0 Å². The van der Waals surface area contributed by atoms with Crippen LogP contribution < -0.4 is 10.6 Å². The van der Waals surface area contributed by atoms with Crippen molar-refractivity contribution in [1.29, 1.82) is 0 Å². The van der Waals surface area contributed by atoms with Gasteiger partial charge < -0.3 is 19.0 Å². The van der Waals surface area contributed by atoms with E-state index in [0.717, 1.165) is 16.9 Å². The molecule has 0 aliphatic rings. The number of esters is 1. The monoisotopic (exact) mass is 409 g/mol. The maximum Gasteiger partial charge on any atom is 0.340 e. The number of rotatable bonds is 6. The molecule has 0 fully saturated rings. The lowest BCUT2D eigenvalue weighted by molar-refractivity contribution is -0.123. The van der Waals surface area contributed by atoms with Crippen LogP contribution in [-0.2, 0) is 16.1 Å². The first-order valence-electron chi connectivity index (χ1n) is 9.38. The molecule has 8 heteroatoms. The van der Waals surface area contributed by atoms with Crippen LogP contribution in [0.4, 0.5) is 4.79 Å². The minimum absolute atomic E-state index is 0.136. The predicted octanol–water partition coefficient (Wildman–Crippen LogP) is 3.18. The van der Waals surface area contributed by atoms with Crippen LogP contribution in [0.1, 0.15) is 33.1 Å². The fraction of sp³-hybridized carbons (Fsp3) is 0.227. The molecule has 30 heavy (non-hydrogen) atoms. The molecule has 3 amide bonds. The number of ether oxygens (including phenoxy) is 1. The zero-order valence-corrected chi connectivity index (χ0v) is 17.0. The van der Waals surface area contributed by atoms with Gasteiger partial charge in [0.15, 0.2) is 6.61 Å². The molecule has 2 heterocycles. The topological polar surface area (TPSA) is 103 Å². The average Bonchev–Trinajstić information content (AvgIpc) is 3.33. The second-order valence-corrected chi connectivity index (χ2v) is 6.84. The van der Waals surface area contributed by atoms with Crippen LogP contribution in [0.2, 0.25) is 0 Å². The number of aryl methyl sites for hydroxylation is 2. The summed E-state index contributed by atoms with van der Waals surface area (Å²) in [7, 11) is 0. The second-order valence-electron chi connectivity index (χ2n) is 6.84. The van der Waals surface area contributed by atoms with Gasteiger partial charge >= 0.3 is 12.0 Å². The van der Waals surface area contributed by atoms with Crippen LogP contribution >= 0.6 is 0 Å². The number of nitrogens with one attached hydrogen (secondary N) is 2. The molecule has 0 saturated heterocycles. The predicted molar refractivity (Wildman–Crippen MR) is 109 cm³/mol. The number of benzene rings is 1. The highest BCUT2D eigenvalue weighted by Crippen LogP contribution is 2.21. The first-order valence-corrected chi connectivity index (χ1v) is 9.38. The number of hydrogen-bond acceptors (Lipinski definition) is 5. The van der Waals surface area contributed by atoms with Crippen molar-refractivity contribution in [1.82, 2.24) is 15.2 Å². The van der Waals surface area contributed by atoms with E-state index in [2.05, 4.69) is 10.6 Å². The van der Waals surface area contributed by atoms with Crippen molar-refractivity contribution in [2.75, 3.05) is 6.61 Å². The largest absolute Gasteiger partial charge is 0.467 e. The average molecular weight is 409 g/mol. The molecule has 2 N–H and O–H groups in total.